The Hall–Kier alpha value is -2.96. The molecule has 1 amide bonds. The smallest absolute Gasteiger partial charge is 0.264 e. The Morgan fingerprint density at radius 3 is 2.62 bits per heavy atom. The van der Waals surface area contributed by atoms with Crippen molar-refractivity contribution in [2.45, 2.75) is 63.0 Å². The molecule has 1 saturated carbocycles. The van der Waals surface area contributed by atoms with E-state index in [1.54, 1.807) is 37.3 Å². The van der Waals surface area contributed by atoms with Crippen molar-refractivity contribution in [2.24, 2.45) is 23.5 Å². The molecule has 2 aromatic rings. The first kappa shape index (κ1) is 36.8. The van der Waals surface area contributed by atoms with Gasteiger partial charge in [-0.05, 0) is 105 Å². The molecule has 3 aliphatic heterocycles. The van der Waals surface area contributed by atoms with Crippen molar-refractivity contribution in [3.05, 3.63) is 70.3 Å². The van der Waals surface area contributed by atoms with Crippen LogP contribution in [-0.4, -0.2) is 89.3 Å². The number of aryl methyl sites for hydroxylation is 1. The van der Waals surface area contributed by atoms with E-state index in [2.05, 4.69) is 26.7 Å². The van der Waals surface area contributed by atoms with Gasteiger partial charge in [0, 0.05) is 61.2 Å². The molecule has 3 heterocycles. The minimum atomic E-state index is -3.93. The molecule has 12 heteroatoms. The van der Waals surface area contributed by atoms with Gasteiger partial charge in [-0.15, -0.1) is 0 Å². The van der Waals surface area contributed by atoms with Gasteiger partial charge in [-0.2, -0.15) is 0 Å². The second-order valence-electron chi connectivity index (χ2n) is 14.7. The van der Waals surface area contributed by atoms with Crippen LogP contribution in [-0.2, 0) is 31.4 Å². The zero-order valence-corrected chi connectivity index (χ0v) is 30.8. The zero-order chi connectivity index (χ0) is 35.5. The number of fused-ring (bicyclic) bond motifs is 4. The largest absolute Gasteiger partial charge is 0.490 e. The van der Waals surface area contributed by atoms with Crippen LogP contribution < -0.4 is 20.1 Å². The number of nitrogens with two attached hydrogens (primary N) is 1. The molecule has 2 aliphatic carbocycles. The summed E-state index contributed by atoms with van der Waals surface area (Å²) >= 11 is 6.37. The predicted octanol–water partition coefficient (Wildman–Crippen LogP) is 4.73. The first-order valence-corrected chi connectivity index (χ1v) is 20.0. The topological polar surface area (TPSA) is 131 Å². The third-order valence-electron chi connectivity index (χ3n) is 11.4. The fourth-order valence-corrected chi connectivity index (χ4v) is 9.49. The lowest BCUT2D eigenvalue weighted by molar-refractivity contribution is -0.122. The van der Waals surface area contributed by atoms with Crippen molar-refractivity contribution >= 4 is 39.0 Å². The van der Waals surface area contributed by atoms with Gasteiger partial charge in [0.15, 0.2) is 5.78 Å². The molecule has 3 N–H and O–H groups in total. The molecular weight excluding hydrogens is 676 g/mol. The van der Waals surface area contributed by atoms with Crippen LogP contribution in [0.15, 0.2) is 48.6 Å². The molecular formula is C38H51ClN4O6S. The molecule has 2 bridgehead atoms. The van der Waals surface area contributed by atoms with Crippen LogP contribution in [0.3, 0.4) is 0 Å². The van der Waals surface area contributed by atoms with Crippen molar-refractivity contribution in [1.82, 2.24) is 9.62 Å². The number of sulfonamides is 1. The van der Waals surface area contributed by atoms with E-state index < -0.39 is 21.2 Å². The monoisotopic (exact) mass is 726 g/mol. The number of ketones is 1. The number of halogens is 1. The lowest BCUT2D eigenvalue weighted by Gasteiger charge is -2.44. The quantitative estimate of drug-likeness (QED) is 0.451. The van der Waals surface area contributed by atoms with Gasteiger partial charge in [0.2, 0.25) is 10.0 Å². The van der Waals surface area contributed by atoms with E-state index in [0.29, 0.717) is 31.9 Å². The van der Waals surface area contributed by atoms with Gasteiger partial charge in [0.25, 0.3) is 5.91 Å². The van der Waals surface area contributed by atoms with Crippen LogP contribution in [0, 0.1) is 17.8 Å². The molecule has 1 saturated heterocycles. The summed E-state index contributed by atoms with van der Waals surface area (Å²) in [5.41, 5.74) is 8.60. The molecule has 7 rings (SSSR count). The molecule has 0 aromatic heterocycles. The molecule has 0 unspecified atom stereocenters. The molecule has 5 aliphatic rings. The summed E-state index contributed by atoms with van der Waals surface area (Å²) in [6.07, 6.45) is 8.60. The van der Waals surface area contributed by atoms with E-state index in [1.165, 1.54) is 11.1 Å². The Kier molecular flexibility index (Phi) is 11.6. The third-order valence-corrected chi connectivity index (χ3v) is 13.6. The number of amides is 1. The number of hydrogen-bond donors (Lipinski definition) is 2. The van der Waals surface area contributed by atoms with Gasteiger partial charge in [-0.25, -0.2) is 13.1 Å². The summed E-state index contributed by atoms with van der Waals surface area (Å²) in [6.45, 7) is 10.9. The van der Waals surface area contributed by atoms with Crippen LogP contribution in [0.25, 0.3) is 0 Å². The third kappa shape index (κ3) is 8.07. The van der Waals surface area contributed by atoms with Crippen molar-refractivity contribution in [1.29, 1.82) is 0 Å². The van der Waals surface area contributed by atoms with Gasteiger partial charge >= 0.3 is 0 Å². The normalized spacial score (nSPS) is 30.3. The van der Waals surface area contributed by atoms with E-state index in [0.717, 1.165) is 82.2 Å². The number of benzene rings is 2. The molecule has 1 spiro atoms. The van der Waals surface area contributed by atoms with Gasteiger partial charge in [-0.1, -0.05) is 30.7 Å². The molecule has 10 nitrogen and oxygen atoms in total. The van der Waals surface area contributed by atoms with Crippen LogP contribution in [0.5, 0.6) is 5.75 Å². The number of morpholine rings is 1. The van der Waals surface area contributed by atoms with Gasteiger partial charge in [0.1, 0.15) is 5.75 Å². The maximum atomic E-state index is 13.3. The Morgan fingerprint density at radius 2 is 1.88 bits per heavy atom. The van der Waals surface area contributed by atoms with Crippen LogP contribution in [0.4, 0.5) is 5.69 Å². The number of hydrogen-bond acceptors (Lipinski definition) is 9. The number of rotatable bonds is 2. The Balaban J connectivity index is 0.000000419. The fourth-order valence-electron chi connectivity index (χ4n) is 8.01. The highest BCUT2D eigenvalue weighted by atomic mass is 35.5. The maximum absolute atomic E-state index is 13.3. The first-order chi connectivity index (χ1) is 24.0. The average molecular weight is 727 g/mol. The number of nitrogens with zero attached hydrogens (tertiary/aromatic N) is 2. The SMILES string of the molecule is C[C@@H]1[C@@H](C)C/C=C/C(=O)[C@@H]2CC[C@H]2CN2C[C@@]3(CCCc4cc(Cl)ccc43)COc3ccc(cc32)C(=O)NS1(=O)=O.NCCN1CCOCC1. The van der Waals surface area contributed by atoms with Gasteiger partial charge in [-0.3, -0.25) is 14.5 Å². The maximum Gasteiger partial charge on any atom is 0.264 e. The summed E-state index contributed by atoms with van der Waals surface area (Å²) in [5, 5.41) is -0.0854. The average Bonchev–Trinajstić information content (AvgIpc) is 3.23. The van der Waals surface area contributed by atoms with Crippen LogP contribution >= 0.6 is 11.6 Å². The van der Waals surface area contributed by atoms with Crippen LogP contribution in [0.1, 0.15) is 67.4 Å². The van der Waals surface area contributed by atoms with E-state index in [-0.39, 0.29) is 34.5 Å². The fraction of sp³-hybridized carbons (Fsp3) is 0.579. The van der Waals surface area contributed by atoms with Crippen molar-refractivity contribution < 1.29 is 27.5 Å². The highest BCUT2D eigenvalue weighted by Crippen LogP contribution is 2.46. The van der Waals surface area contributed by atoms with Gasteiger partial charge in [0.05, 0.1) is 30.8 Å². The number of nitrogens with one attached hydrogen (secondary N) is 1. The Bertz CT molecular complexity index is 1690. The second kappa shape index (κ2) is 15.7. The van der Waals surface area contributed by atoms with E-state index >= 15 is 0 Å². The number of ether oxygens (including phenoxy) is 2. The molecule has 2 fully saturated rings. The van der Waals surface area contributed by atoms with E-state index in [4.69, 9.17) is 26.8 Å². The summed E-state index contributed by atoms with van der Waals surface area (Å²) < 4.78 is 40.2. The Labute approximate surface area is 301 Å². The molecule has 2 aromatic carbocycles. The Morgan fingerprint density at radius 1 is 1.08 bits per heavy atom. The molecule has 50 heavy (non-hydrogen) atoms. The van der Waals surface area contributed by atoms with E-state index in [1.807, 2.05) is 13.0 Å². The number of anilines is 1. The summed E-state index contributed by atoms with van der Waals surface area (Å²) in [5.74, 6) is -0.0319. The van der Waals surface area contributed by atoms with Crippen molar-refractivity contribution in [3.63, 3.8) is 0 Å². The minimum Gasteiger partial charge on any atom is -0.490 e. The lowest BCUT2D eigenvalue weighted by Crippen LogP contribution is -2.49. The second-order valence-corrected chi connectivity index (χ2v) is 17.1. The summed E-state index contributed by atoms with van der Waals surface area (Å²) in [6, 6.07) is 11.3. The molecule has 0 radical (unpaired) electrons. The zero-order valence-electron chi connectivity index (χ0n) is 29.2. The molecule has 272 valence electrons. The lowest BCUT2D eigenvalue weighted by atomic mass is 9.68. The molecule has 5 atom stereocenters. The number of allylic oxidation sites excluding steroid dienone is 2. The summed E-state index contributed by atoms with van der Waals surface area (Å²) in [4.78, 5) is 31.1. The van der Waals surface area contributed by atoms with Crippen molar-refractivity contribution in [2.75, 3.05) is 64.0 Å². The number of carbonyl (C=O) groups excluding carboxylic acids is 2. The van der Waals surface area contributed by atoms with Crippen molar-refractivity contribution in [3.8, 4) is 5.75 Å². The standard InChI is InChI=1S/C32H37ClN2O5S.C6H14N2O/c1-20-5-3-7-29(36)26-11-8-24(26)17-35-18-32(14-4-6-22-15-25(33)10-12-27(22)32)19-40-30-13-9-23(16-28(30)35)31(37)34-41(38,39)21(20)2;7-1-2-8-3-5-9-6-4-8/h3,7,9-10,12-13,15-16,20-21,24,26H,4-6,8,11,14,17-19H2,1-2H3,(H,34,37);1-7H2/b7-3+;/t20-,21+,24-,26+,32-;/m0./s1. The minimum absolute atomic E-state index is 0.0666. The summed E-state index contributed by atoms with van der Waals surface area (Å²) in [7, 11) is -3.93. The first-order valence-electron chi connectivity index (χ1n) is 18.1. The van der Waals surface area contributed by atoms with Crippen LogP contribution in [0.2, 0.25) is 5.02 Å². The predicted molar refractivity (Wildman–Crippen MR) is 197 cm³/mol. The van der Waals surface area contributed by atoms with Gasteiger partial charge < -0.3 is 20.1 Å². The number of carbonyl (C=O) groups is 2. The highest BCUT2D eigenvalue weighted by Gasteiger charge is 2.44. The highest BCUT2D eigenvalue weighted by molar-refractivity contribution is 7.90. The van der Waals surface area contributed by atoms with E-state index in [9.17, 15) is 18.0 Å².